The van der Waals surface area contributed by atoms with Crippen molar-refractivity contribution in [3.63, 3.8) is 0 Å². The molecule has 3 heteroatoms. The molecule has 1 saturated heterocycles. The van der Waals surface area contributed by atoms with Crippen LogP contribution >= 0.6 is 0 Å². The van der Waals surface area contributed by atoms with Gasteiger partial charge in [0.15, 0.2) is 0 Å². The Balaban J connectivity index is 1.74. The van der Waals surface area contributed by atoms with Gasteiger partial charge >= 0.3 is 0 Å². The molecular weight excluding hydrogens is 200 g/mol. The van der Waals surface area contributed by atoms with E-state index in [1.54, 1.807) is 0 Å². The Bertz CT molecular complexity index is 254. The van der Waals surface area contributed by atoms with Crippen molar-refractivity contribution in [3.05, 3.63) is 0 Å². The maximum atomic E-state index is 11.1. The predicted octanol–water partition coefficient (Wildman–Crippen LogP) is 1.68. The number of carbonyl (C=O) groups excluding carboxylic acids is 1. The van der Waals surface area contributed by atoms with Crippen LogP contribution in [0.25, 0.3) is 0 Å². The third-order valence-corrected chi connectivity index (χ3v) is 4.42. The van der Waals surface area contributed by atoms with Crippen molar-refractivity contribution in [2.75, 3.05) is 6.54 Å². The van der Waals surface area contributed by atoms with Crippen molar-refractivity contribution in [1.82, 2.24) is 10.6 Å². The molecule has 92 valence electrons. The summed E-state index contributed by atoms with van der Waals surface area (Å²) >= 11 is 0. The van der Waals surface area contributed by atoms with Crippen LogP contribution in [-0.4, -0.2) is 24.5 Å². The largest absolute Gasteiger partial charge is 0.352 e. The van der Waals surface area contributed by atoms with Gasteiger partial charge in [0.1, 0.15) is 0 Å². The summed E-state index contributed by atoms with van der Waals surface area (Å²) in [7, 11) is 0. The third kappa shape index (κ3) is 2.76. The minimum absolute atomic E-state index is 0.219. The van der Waals surface area contributed by atoms with E-state index >= 15 is 0 Å². The average Bonchev–Trinajstić information content (AvgIpc) is 2.67. The fourth-order valence-corrected chi connectivity index (χ4v) is 2.99. The second-order valence-corrected chi connectivity index (χ2v) is 5.59. The summed E-state index contributed by atoms with van der Waals surface area (Å²) in [6.07, 6.45) is 5.73. The second kappa shape index (κ2) is 5.17. The summed E-state index contributed by atoms with van der Waals surface area (Å²) in [5.41, 5.74) is 0. The van der Waals surface area contributed by atoms with Crippen molar-refractivity contribution in [2.24, 2.45) is 11.8 Å². The van der Waals surface area contributed by atoms with Crippen molar-refractivity contribution in [3.8, 4) is 0 Å². The highest BCUT2D eigenvalue weighted by Gasteiger charge is 2.28. The highest BCUT2D eigenvalue weighted by molar-refractivity contribution is 5.78. The molecule has 16 heavy (non-hydrogen) atoms. The van der Waals surface area contributed by atoms with E-state index in [2.05, 4.69) is 24.5 Å². The Morgan fingerprint density at radius 2 is 2.12 bits per heavy atom. The lowest BCUT2D eigenvalue weighted by Crippen LogP contribution is -2.45. The fraction of sp³-hybridized carbons (Fsp3) is 0.923. The zero-order valence-electron chi connectivity index (χ0n) is 10.5. The zero-order chi connectivity index (χ0) is 11.5. The predicted molar refractivity (Wildman–Crippen MR) is 65.1 cm³/mol. The summed E-state index contributed by atoms with van der Waals surface area (Å²) in [5.74, 6) is 1.83. The van der Waals surface area contributed by atoms with Crippen LogP contribution in [0.15, 0.2) is 0 Å². The molecule has 0 bridgehead atoms. The summed E-state index contributed by atoms with van der Waals surface area (Å²) in [5, 5.41) is 6.67. The maximum Gasteiger partial charge on any atom is 0.220 e. The molecule has 1 amide bonds. The molecule has 0 spiro atoms. The van der Waals surface area contributed by atoms with Gasteiger partial charge < -0.3 is 10.6 Å². The summed E-state index contributed by atoms with van der Waals surface area (Å²) in [6.45, 7) is 5.66. The first-order chi connectivity index (χ1) is 7.66. The first kappa shape index (κ1) is 11.9. The highest BCUT2D eigenvalue weighted by atomic mass is 16.1. The van der Waals surface area contributed by atoms with Crippen LogP contribution in [0, 0.1) is 11.8 Å². The van der Waals surface area contributed by atoms with Gasteiger partial charge in [-0.15, -0.1) is 0 Å². The van der Waals surface area contributed by atoms with Gasteiger partial charge in [0.25, 0.3) is 0 Å². The van der Waals surface area contributed by atoms with E-state index in [0.29, 0.717) is 18.5 Å². The Morgan fingerprint density at radius 1 is 1.31 bits per heavy atom. The molecule has 2 rings (SSSR count). The van der Waals surface area contributed by atoms with Gasteiger partial charge in [-0.2, -0.15) is 0 Å². The number of rotatable bonds is 3. The molecule has 2 aliphatic rings. The smallest absolute Gasteiger partial charge is 0.220 e. The molecule has 0 radical (unpaired) electrons. The van der Waals surface area contributed by atoms with Crippen LogP contribution in [0.5, 0.6) is 0 Å². The van der Waals surface area contributed by atoms with E-state index in [9.17, 15) is 4.79 Å². The number of hydrogen-bond acceptors (Lipinski definition) is 2. The Hall–Kier alpha value is -0.570. The molecule has 0 aromatic rings. The van der Waals surface area contributed by atoms with E-state index in [1.165, 1.54) is 19.3 Å². The molecule has 3 nitrogen and oxygen atoms in total. The molecule has 0 aromatic carbocycles. The molecule has 0 aromatic heterocycles. The SMILES string of the molecule is CC1CCCC(NCC2CCC(=O)N2)C1C. The number of nitrogens with one attached hydrogen (secondary N) is 2. The van der Waals surface area contributed by atoms with Crippen LogP contribution in [0.2, 0.25) is 0 Å². The van der Waals surface area contributed by atoms with Gasteiger partial charge in [-0.1, -0.05) is 26.7 Å². The summed E-state index contributed by atoms with van der Waals surface area (Å²) < 4.78 is 0. The molecule has 4 unspecified atom stereocenters. The summed E-state index contributed by atoms with van der Waals surface area (Å²) in [6, 6.07) is 1.03. The number of amides is 1. The third-order valence-electron chi connectivity index (χ3n) is 4.42. The van der Waals surface area contributed by atoms with Crippen molar-refractivity contribution < 1.29 is 4.79 Å². The Labute approximate surface area is 98.4 Å². The van der Waals surface area contributed by atoms with E-state index in [0.717, 1.165) is 24.8 Å². The fourth-order valence-electron chi connectivity index (χ4n) is 2.99. The highest BCUT2D eigenvalue weighted by Crippen LogP contribution is 2.29. The standard InChI is InChI=1S/C13H24N2O/c1-9-4-3-5-12(10(9)2)14-8-11-6-7-13(16)15-11/h9-12,14H,3-8H2,1-2H3,(H,15,16). The molecule has 1 saturated carbocycles. The van der Waals surface area contributed by atoms with Gasteiger partial charge in [-0.25, -0.2) is 0 Å². The van der Waals surface area contributed by atoms with Crippen LogP contribution in [0.3, 0.4) is 0 Å². The minimum Gasteiger partial charge on any atom is -0.352 e. The Kier molecular flexibility index (Phi) is 3.85. The lowest BCUT2D eigenvalue weighted by molar-refractivity contribution is -0.119. The first-order valence-corrected chi connectivity index (χ1v) is 6.69. The Morgan fingerprint density at radius 3 is 2.81 bits per heavy atom. The van der Waals surface area contributed by atoms with Crippen molar-refractivity contribution in [2.45, 2.75) is 58.0 Å². The number of carbonyl (C=O) groups is 1. The van der Waals surface area contributed by atoms with Gasteiger partial charge in [0.2, 0.25) is 5.91 Å². The first-order valence-electron chi connectivity index (χ1n) is 6.69. The molecular formula is C13H24N2O. The van der Waals surface area contributed by atoms with Crippen molar-refractivity contribution >= 4 is 5.91 Å². The normalized spacial score (nSPS) is 39.8. The molecule has 1 aliphatic carbocycles. The molecule has 4 atom stereocenters. The molecule has 2 N–H and O–H groups in total. The molecule has 2 fully saturated rings. The van der Waals surface area contributed by atoms with Gasteiger partial charge in [0.05, 0.1) is 0 Å². The van der Waals surface area contributed by atoms with Crippen molar-refractivity contribution in [1.29, 1.82) is 0 Å². The van der Waals surface area contributed by atoms with E-state index in [-0.39, 0.29) is 5.91 Å². The molecule has 1 aliphatic heterocycles. The average molecular weight is 224 g/mol. The lowest BCUT2D eigenvalue weighted by Gasteiger charge is -2.35. The van der Waals surface area contributed by atoms with Crippen LogP contribution in [-0.2, 0) is 4.79 Å². The maximum absolute atomic E-state index is 11.1. The number of hydrogen-bond donors (Lipinski definition) is 2. The second-order valence-electron chi connectivity index (χ2n) is 5.59. The van der Waals surface area contributed by atoms with E-state index in [4.69, 9.17) is 0 Å². The minimum atomic E-state index is 0.219. The topological polar surface area (TPSA) is 41.1 Å². The van der Waals surface area contributed by atoms with E-state index < -0.39 is 0 Å². The van der Waals surface area contributed by atoms with E-state index in [1.807, 2.05) is 0 Å². The van der Waals surface area contributed by atoms with Gasteiger partial charge in [-0.3, -0.25) is 4.79 Å². The summed E-state index contributed by atoms with van der Waals surface area (Å²) in [4.78, 5) is 11.1. The quantitative estimate of drug-likeness (QED) is 0.766. The van der Waals surface area contributed by atoms with Crippen LogP contribution < -0.4 is 10.6 Å². The monoisotopic (exact) mass is 224 g/mol. The molecule has 1 heterocycles. The zero-order valence-corrected chi connectivity index (χ0v) is 10.5. The lowest BCUT2D eigenvalue weighted by atomic mass is 9.78. The van der Waals surface area contributed by atoms with Crippen LogP contribution in [0.1, 0.15) is 46.0 Å². The van der Waals surface area contributed by atoms with Gasteiger partial charge in [0, 0.05) is 25.0 Å². The van der Waals surface area contributed by atoms with Gasteiger partial charge in [-0.05, 0) is 24.7 Å². The van der Waals surface area contributed by atoms with Crippen LogP contribution in [0.4, 0.5) is 0 Å².